The van der Waals surface area contributed by atoms with Gasteiger partial charge in [-0.1, -0.05) is 25.7 Å². The van der Waals surface area contributed by atoms with Crippen LogP contribution in [0, 0.1) is 35.0 Å². The van der Waals surface area contributed by atoms with Gasteiger partial charge in [-0.2, -0.15) is 0 Å². The van der Waals surface area contributed by atoms with Gasteiger partial charge in [0.05, 0.1) is 13.1 Å². The summed E-state index contributed by atoms with van der Waals surface area (Å²) in [7, 11) is 0. The quantitative estimate of drug-likeness (QED) is 0.792. The molecule has 4 bridgehead atoms. The molecule has 4 saturated carbocycles. The zero-order chi connectivity index (χ0) is 15.6. The highest BCUT2D eigenvalue weighted by atomic mass is 16.2. The van der Waals surface area contributed by atoms with Crippen molar-refractivity contribution in [3.8, 4) is 11.8 Å². The number of carbonyl (C=O) groups is 1. The third-order valence-corrected chi connectivity index (χ3v) is 6.18. The van der Waals surface area contributed by atoms with E-state index in [-0.39, 0.29) is 5.41 Å². The summed E-state index contributed by atoms with van der Waals surface area (Å²) >= 11 is 0. The molecular formula is C19H30N2O. The van der Waals surface area contributed by atoms with Gasteiger partial charge in [-0.25, -0.2) is 0 Å². The van der Waals surface area contributed by atoms with Crippen molar-refractivity contribution < 1.29 is 4.79 Å². The lowest BCUT2D eigenvalue weighted by atomic mass is 9.49. The average Bonchev–Trinajstić information content (AvgIpc) is 2.49. The monoisotopic (exact) mass is 302 g/mol. The van der Waals surface area contributed by atoms with Gasteiger partial charge in [0.2, 0.25) is 5.91 Å². The summed E-state index contributed by atoms with van der Waals surface area (Å²) in [5, 5.41) is 3.12. The second kappa shape index (κ2) is 6.62. The summed E-state index contributed by atoms with van der Waals surface area (Å²) in [5.74, 6) is 9.07. The van der Waals surface area contributed by atoms with E-state index in [4.69, 9.17) is 0 Å². The SMILES string of the molecule is CCN(CC)CC#CCNC(=O)C12CC3CC(CC(C3)C1)C2. The first-order valence-corrected chi connectivity index (χ1v) is 9.11. The topological polar surface area (TPSA) is 32.3 Å². The number of rotatable bonds is 5. The molecule has 0 aromatic heterocycles. The molecule has 0 aliphatic heterocycles. The van der Waals surface area contributed by atoms with Crippen LogP contribution in [-0.4, -0.2) is 37.0 Å². The van der Waals surface area contributed by atoms with E-state index in [1.54, 1.807) is 0 Å². The second-order valence-electron chi connectivity index (χ2n) is 7.70. The largest absolute Gasteiger partial charge is 0.345 e. The Morgan fingerprint density at radius 2 is 1.59 bits per heavy atom. The Bertz CT molecular complexity index is 434. The maximum Gasteiger partial charge on any atom is 0.226 e. The highest BCUT2D eigenvalue weighted by molar-refractivity contribution is 5.83. The van der Waals surface area contributed by atoms with Crippen LogP contribution in [0.4, 0.5) is 0 Å². The number of amides is 1. The molecule has 1 N–H and O–H groups in total. The van der Waals surface area contributed by atoms with E-state index in [1.807, 2.05) is 0 Å². The van der Waals surface area contributed by atoms with Crippen LogP contribution in [0.25, 0.3) is 0 Å². The summed E-state index contributed by atoms with van der Waals surface area (Å²) in [6, 6.07) is 0. The fraction of sp³-hybridized carbons (Fsp3) is 0.842. The molecule has 0 radical (unpaired) electrons. The van der Waals surface area contributed by atoms with Gasteiger partial charge in [0.25, 0.3) is 0 Å². The molecule has 4 aliphatic rings. The molecule has 0 heterocycles. The lowest BCUT2D eigenvalue weighted by Gasteiger charge is -2.55. The van der Waals surface area contributed by atoms with Gasteiger partial charge in [0.1, 0.15) is 0 Å². The minimum Gasteiger partial charge on any atom is -0.345 e. The number of nitrogens with zero attached hydrogens (tertiary/aromatic N) is 1. The summed E-state index contributed by atoms with van der Waals surface area (Å²) in [6.07, 6.45) is 7.57. The molecular weight excluding hydrogens is 272 g/mol. The molecule has 4 fully saturated rings. The van der Waals surface area contributed by atoms with E-state index in [0.29, 0.717) is 12.5 Å². The predicted molar refractivity (Wildman–Crippen MR) is 89.2 cm³/mol. The maximum atomic E-state index is 12.7. The Balaban J connectivity index is 1.49. The lowest BCUT2D eigenvalue weighted by molar-refractivity contribution is -0.145. The van der Waals surface area contributed by atoms with E-state index in [9.17, 15) is 4.79 Å². The molecule has 1 amide bonds. The van der Waals surface area contributed by atoms with Crippen LogP contribution in [0.2, 0.25) is 0 Å². The number of carbonyl (C=O) groups excluding carboxylic acids is 1. The van der Waals surface area contributed by atoms with Crippen molar-refractivity contribution in [1.82, 2.24) is 10.2 Å². The normalized spacial score (nSPS) is 35.3. The minimum atomic E-state index is -0.0324. The Kier molecular flexibility index (Phi) is 4.78. The van der Waals surface area contributed by atoms with E-state index in [0.717, 1.165) is 56.7 Å². The zero-order valence-corrected chi connectivity index (χ0v) is 14.2. The fourth-order valence-corrected chi connectivity index (χ4v) is 5.38. The van der Waals surface area contributed by atoms with Gasteiger partial charge in [-0.3, -0.25) is 9.69 Å². The molecule has 0 aromatic rings. The zero-order valence-electron chi connectivity index (χ0n) is 14.2. The summed E-state index contributed by atoms with van der Waals surface area (Å²) in [6.45, 7) is 7.69. The molecule has 0 aromatic carbocycles. The van der Waals surface area contributed by atoms with Gasteiger partial charge in [-0.05, 0) is 69.4 Å². The van der Waals surface area contributed by atoms with Crippen molar-refractivity contribution in [3.63, 3.8) is 0 Å². The van der Waals surface area contributed by atoms with Crippen LogP contribution in [0.5, 0.6) is 0 Å². The van der Waals surface area contributed by atoms with E-state index < -0.39 is 0 Å². The first-order chi connectivity index (χ1) is 10.6. The Labute approximate surface area is 135 Å². The third-order valence-electron chi connectivity index (χ3n) is 6.18. The fourth-order valence-electron chi connectivity index (χ4n) is 5.38. The Morgan fingerprint density at radius 1 is 1.05 bits per heavy atom. The highest BCUT2D eigenvalue weighted by Gasteiger charge is 2.54. The molecule has 22 heavy (non-hydrogen) atoms. The summed E-state index contributed by atoms with van der Waals surface area (Å²) in [5.41, 5.74) is -0.0324. The van der Waals surface area contributed by atoms with Crippen LogP contribution in [0.1, 0.15) is 52.4 Å². The minimum absolute atomic E-state index is 0.0324. The van der Waals surface area contributed by atoms with Crippen molar-refractivity contribution in [2.24, 2.45) is 23.2 Å². The molecule has 0 atom stereocenters. The smallest absolute Gasteiger partial charge is 0.226 e. The molecule has 0 saturated heterocycles. The van der Waals surface area contributed by atoms with Crippen LogP contribution >= 0.6 is 0 Å². The maximum absolute atomic E-state index is 12.7. The highest BCUT2D eigenvalue weighted by Crippen LogP contribution is 2.60. The van der Waals surface area contributed by atoms with Crippen molar-refractivity contribution in [3.05, 3.63) is 0 Å². The van der Waals surface area contributed by atoms with Crippen LogP contribution in [-0.2, 0) is 4.79 Å². The van der Waals surface area contributed by atoms with Gasteiger partial charge in [-0.15, -0.1) is 0 Å². The lowest BCUT2D eigenvalue weighted by Crippen LogP contribution is -2.53. The molecule has 3 heteroatoms. The van der Waals surface area contributed by atoms with Gasteiger partial charge in [0, 0.05) is 5.41 Å². The Morgan fingerprint density at radius 3 is 2.09 bits per heavy atom. The number of nitrogens with one attached hydrogen (secondary N) is 1. The molecule has 0 spiro atoms. The average molecular weight is 302 g/mol. The molecule has 4 rings (SSSR count). The first kappa shape index (κ1) is 15.9. The third kappa shape index (κ3) is 3.18. The van der Waals surface area contributed by atoms with E-state index >= 15 is 0 Å². The van der Waals surface area contributed by atoms with Crippen LogP contribution in [0.3, 0.4) is 0 Å². The van der Waals surface area contributed by atoms with Crippen molar-refractivity contribution in [1.29, 1.82) is 0 Å². The van der Waals surface area contributed by atoms with E-state index in [1.165, 1.54) is 19.3 Å². The van der Waals surface area contributed by atoms with E-state index in [2.05, 4.69) is 35.9 Å². The van der Waals surface area contributed by atoms with Gasteiger partial charge in [0.15, 0.2) is 0 Å². The number of hydrogen-bond acceptors (Lipinski definition) is 2. The number of hydrogen-bond donors (Lipinski definition) is 1. The molecule has 0 unspecified atom stereocenters. The second-order valence-corrected chi connectivity index (χ2v) is 7.70. The molecule has 4 aliphatic carbocycles. The van der Waals surface area contributed by atoms with Crippen LogP contribution in [0.15, 0.2) is 0 Å². The molecule has 122 valence electrons. The molecule has 3 nitrogen and oxygen atoms in total. The van der Waals surface area contributed by atoms with Crippen molar-refractivity contribution >= 4 is 5.91 Å². The summed E-state index contributed by atoms with van der Waals surface area (Å²) in [4.78, 5) is 15.0. The standard InChI is InChI=1S/C19H30N2O/c1-3-21(4-2)8-6-5-7-20-18(22)19-12-15-9-16(13-19)11-17(10-15)14-19/h15-17H,3-4,7-14H2,1-2H3,(H,20,22). The van der Waals surface area contributed by atoms with Gasteiger partial charge < -0.3 is 5.32 Å². The first-order valence-electron chi connectivity index (χ1n) is 9.11. The van der Waals surface area contributed by atoms with Crippen molar-refractivity contribution in [2.45, 2.75) is 52.4 Å². The predicted octanol–water partition coefficient (Wildman–Crippen LogP) is 2.66. The van der Waals surface area contributed by atoms with Gasteiger partial charge >= 0.3 is 0 Å². The van der Waals surface area contributed by atoms with Crippen LogP contribution < -0.4 is 5.32 Å². The summed E-state index contributed by atoms with van der Waals surface area (Å²) < 4.78 is 0. The Hall–Kier alpha value is -1.01. The van der Waals surface area contributed by atoms with Crippen molar-refractivity contribution in [2.75, 3.05) is 26.2 Å².